The van der Waals surface area contributed by atoms with Crippen LogP contribution in [0.25, 0.3) is 0 Å². The first-order valence-corrected chi connectivity index (χ1v) is 12.2. The summed E-state index contributed by atoms with van der Waals surface area (Å²) >= 11 is 0. The maximum absolute atomic E-state index is 13.9. The van der Waals surface area contributed by atoms with Crippen molar-refractivity contribution in [3.05, 3.63) is 59.7 Å². The van der Waals surface area contributed by atoms with Gasteiger partial charge in [-0.3, -0.25) is 9.59 Å². The van der Waals surface area contributed by atoms with E-state index in [0.29, 0.717) is 5.69 Å². The summed E-state index contributed by atoms with van der Waals surface area (Å²) in [6, 6.07) is 12.8. The average Bonchev–Trinajstić information content (AvgIpc) is 2.79. The van der Waals surface area contributed by atoms with Crippen molar-refractivity contribution in [3.63, 3.8) is 0 Å². The van der Waals surface area contributed by atoms with Gasteiger partial charge in [0.15, 0.2) is 0 Å². The molecule has 0 saturated carbocycles. The lowest BCUT2D eigenvalue weighted by molar-refractivity contribution is -0.140. The van der Waals surface area contributed by atoms with Crippen LogP contribution in [0.1, 0.15) is 58.2 Å². The van der Waals surface area contributed by atoms with Crippen molar-refractivity contribution in [3.8, 4) is 11.8 Å². The van der Waals surface area contributed by atoms with Crippen LogP contribution in [0.15, 0.2) is 48.5 Å². The Morgan fingerprint density at radius 2 is 1.70 bits per heavy atom. The zero-order valence-corrected chi connectivity index (χ0v) is 22.2. The van der Waals surface area contributed by atoms with Gasteiger partial charge in [0, 0.05) is 11.3 Å². The Morgan fingerprint density at radius 1 is 1.08 bits per heavy atom. The smallest absolute Gasteiger partial charge is 0.408 e. The maximum Gasteiger partial charge on any atom is 0.408 e. The van der Waals surface area contributed by atoms with Gasteiger partial charge in [-0.15, -0.1) is 0 Å². The number of carbonyl (C=O) groups excluding carboxylic acids is 3. The minimum absolute atomic E-state index is 0.00260. The Bertz CT molecular complexity index is 1150. The number of anilines is 1. The average molecular weight is 509 g/mol. The molecule has 9 nitrogen and oxygen atoms in total. The van der Waals surface area contributed by atoms with E-state index in [2.05, 4.69) is 10.6 Å². The quantitative estimate of drug-likeness (QED) is 0.422. The second-order valence-corrected chi connectivity index (χ2v) is 10.2. The molecule has 9 heteroatoms. The van der Waals surface area contributed by atoms with Crippen LogP contribution >= 0.6 is 0 Å². The number of benzene rings is 2. The molecule has 0 heterocycles. The molecule has 2 atom stereocenters. The standard InChI is InChI=1S/C28H36N4O5/c1-18(2)17-22(31-27(36)37-28(4,5)6)26(35)32(16-15-29)24(20-12-8-10-14-23(20)33)25(34)30-21-13-9-7-11-19(21)3/h7-14,18,22,24,33H,16-17H2,1-6H3,(H,30,34)(H,31,36). The summed E-state index contributed by atoms with van der Waals surface area (Å²) in [6.45, 7) is 10.3. The summed E-state index contributed by atoms with van der Waals surface area (Å²) in [7, 11) is 0. The zero-order chi connectivity index (χ0) is 27.8. The molecular weight excluding hydrogens is 472 g/mol. The van der Waals surface area contributed by atoms with Crippen LogP contribution in [-0.4, -0.2) is 46.1 Å². The molecule has 0 aliphatic rings. The third-order valence-electron chi connectivity index (χ3n) is 5.41. The first kappa shape index (κ1) is 29.2. The van der Waals surface area contributed by atoms with Crippen molar-refractivity contribution < 1.29 is 24.2 Å². The van der Waals surface area contributed by atoms with E-state index in [-0.39, 0.29) is 23.7 Å². The number of ether oxygens (including phenoxy) is 1. The molecule has 3 amide bonds. The van der Waals surface area contributed by atoms with Gasteiger partial charge in [-0.1, -0.05) is 50.2 Å². The molecular formula is C28H36N4O5. The van der Waals surface area contributed by atoms with Crippen LogP contribution in [0.3, 0.4) is 0 Å². The number of carbonyl (C=O) groups is 3. The molecule has 198 valence electrons. The molecule has 2 aromatic carbocycles. The van der Waals surface area contributed by atoms with E-state index in [4.69, 9.17) is 4.74 Å². The molecule has 0 aliphatic heterocycles. The van der Waals surface area contributed by atoms with Gasteiger partial charge in [0.05, 0.1) is 6.07 Å². The number of aromatic hydroxyl groups is 1. The molecule has 0 saturated heterocycles. The van der Waals surface area contributed by atoms with E-state index in [0.717, 1.165) is 10.5 Å². The first-order valence-electron chi connectivity index (χ1n) is 12.2. The van der Waals surface area contributed by atoms with Gasteiger partial charge >= 0.3 is 6.09 Å². The number of phenolic OH excluding ortho intramolecular Hbond substituents is 1. The highest BCUT2D eigenvalue weighted by Crippen LogP contribution is 2.31. The summed E-state index contributed by atoms with van der Waals surface area (Å²) in [5, 5.41) is 25.7. The van der Waals surface area contributed by atoms with E-state index in [1.54, 1.807) is 45.0 Å². The van der Waals surface area contributed by atoms with Gasteiger partial charge in [-0.25, -0.2) is 4.79 Å². The largest absolute Gasteiger partial charge is 0.508 e. The maximum atomic E-state index is 13.9. The summed E-state index contributed by atoms with van der Waals surface area (Å²) in [5.74, 6) is -1.46. The predicted molar refractivity (Wildman–Crippen MR) is 141 cm³/mol. The highest BCUT2D eigenvalue weighted by Gasteiger charge is 2.37. The van der Waals surface area contributed by atoms with Crippen LogP contribution in [0, 0.1) is 24.2 Å². The van der Waals surface area contributed by atoms with Crippen molar-refractivity contribution >= 4 is 23.6 Å². The Balaban J connectivity index is 2.53. The van der Waals surface area contributed by atoms with Gasteiger partial charge in [-0.05, 0) is 57.7 Å². The fourth-order valence-corrected chi connectivity index (χ4v) is 3.80. The monoisotopic (exact) mass is 508 g/mol. The lowest BCUT2D eigenvalue weighted by Crippen LogP contribution is -2.53. The molecule has 0 spiro atoms. The van der Waals surface area contributed by atoms with Crippen molar-refractivity contribution in [2.45, 2.75) is 65.6 Å². The molecule has 0 aromatic heterocycles. The fourth-order valence-electron chi connectivity index (χ4n) is 3.80. The van der Waals surface area contributed by atoms with Crippen molar-refractivity contribution in [1.82, 2.24) is 10.2 Å². The molecule has 0 bridgehead atoms. The van der Waals surface area contributed by atoms with E-state index in [9.17, 15) is 24.8 Å². The van der Waals surface area contributed by atoms with Gasteiger partial charge in [0.1, 0.15) is 30.0 Å². The summed E-state index contributed by atoms with van der Waals surface area (Å²) in [4.78, 5) is 41.1. The van der Waals surface area contributed by atoms with Gasteiger partial charge in [0.2, 0.25) is 5.91 Å². The van der Waals surface area contributed by atoms with Crippen molar-refractivity contribution in [2.75, 3.05) is 11.9 Å². The Morgan fingerprint density at radius 3 is 2.27 bits per heavy atom. The van der Waals surface area contributed by atoms with Crippen LogP contribution in [0.5, 0.6) is 5.75 Å². The van der Waals surface area contributed by atoms with E-state index >= 15 is 0 Å². The Labute approximate surface area is 218 Å². The van der Waals surface area contributed by atoms with Gasteiger partial charge in [0.25, 0.3) is 5.91 Å². The number of para-hydroxylation sites is 2. The number of nitriles is 1. The number of rotatable bonds is 9. The highest BCUT2D eigenvalue weighted by atomic mass is 16.6. The fraction of sp³-hybridized carbons (Fsp3) is 0.429. The third kappa shape index (κ3) is 8.53. The SMILES string of the molecule is Cc1ccccc1NC(=O)C(c1ccccc1O)N(CC#N)C(=O)C(CC(C)C)NC(=O)OC(C)(C)C. The third-order valence-corrected chi connectivity index (χ3v) is 5.41. The molecule has 3 N–H and O–H groups in total. The van der Waals surface area contributed by atoms with Gasteiger partial charge < -0.3 is 25.4 Å². The molecule has 37 heavy (non-hydrogen) atoms. The molecule has 0 fully saturated rings. The Hall–Kier alpha value is -4.06. The van der Waals surface area contributed by atoms with Crippen LogP contribution in [0.2, 0.25) is 0 Å². The lowest BCUT2D eigenvalue weighted by atomic mass is 9.98. The second kappa shape index (κ2) is 12.8. The predicted octanol–water partition coefficient (Wildman–Crippen LogP) is 4.67. The minimum Gasteiger partial charge on any atom is -0.508 e. The topological polar surface area (TPSA) is 132 Å². The first-order chi connectivity index (χ1) is 17.3. The number of alkyl carbamates (subject to hydrolysis) is 1. The number of nitrogens with zero attached hydrogens (tertiary/aromatic N) is 2. The number of amides is 3. The van der Waals surface area contributed by atoms with Crippen LogP contribution in [-0.2, 0) is 14.3 Å². The van der Waals surface area contributed by atoms with E-state index in [1.165, 1.54) is 12.1 Å². The summed E-state index contributed by atoms with van der Waals surface area (Å²) in [6.07, 6.45) is -0.542. The van der Waals surface area contributed by atoms with Crippen LogP contribution in [0.4, 0.5) is 10.5 Å². The molecule has 0 radical (unpaired) electrons. The Kier molecular flexibility index (Phi) is 10.1. The van der Waals surface area contributed by atoms with Crippen molar-refractivity contribution in [1.29, 1.82) is 5.26 Å². The number of phenols is 1. The lowest BCUT2D eigenvalue weighted by Gasteiger charge is -2.33. The van der Waals surface area contributed by atoms with E-state index in [1.807, 2.05) is 39.0 Å². The second-order valence-electron chi connectivity index (χ2n) is 10.2. The van der Waals surface area contributed by atoms with Crippen molar-refractivity contribution in [2.24, 2.45) is 5.92 Å². The minimum atomic E-state index is -1.34. The van der Waals surface area contributed by atoms with Crippen LogP contribution < -0.4 is 10.6 Å². The zero-order valence-electron chi connectivity index (χ0n) is 22.2. The van der Waals surface area contributed by atoms with E-state index < -0.39 is 42.1 Å². The number of nitrogens with one attached hydrogen (secondary N) is 2. The normalized spacial score (nSPS) is 12.7. The summed E-state index contributed by atoms with van der Waals surface area (Å²) < 4.78 is 5.34. The molecule has 0 aliphatic carbocycles. The highest BCUT2D eigenvalue weighted by molar-refractivity contribution is 5.99. The number of hydrogen-bond acceptors (Lipinski definition) is 6. The summed E-state index contributed by atoms with van der Waals surface area (Å²) in [5.41, 5.74) is 0.697. The molecule has 2 unspecified atom stereocenters. The number of aryl methyl sites for hydroxylation is 1. The molecule has 2 aromatic rings. The molecule has 2 rings (SSSR count). The van der Waals surface area contributed by atoms with Gasteiger partial charge in [-0.2, -0.15) is 5.26 Å². The number of hydrogen-bond donors (Lipinski definition) is 3.